The quantitative estimate of drug-likeness (QED) is 0.873. The molecule has 0 spiro atoms. The van der Waals surface area contributed by atoms with Gasteiger partial charge in [0, 0.05) is 17.1 Å². The molecule has 0 saturated heterocycles. The van der Waals surface area contributed by atoms with Crippen molar-refractivity contribution < 1.29 is 9.50 Å². The molecule has 2 N–H and O–H groups in total. The third kappa shape index (κ3) is 2.86. The highest BCUT2D eigenvalue weighted by molar-refractivity contribution is 6.33. The highest BCUT2D eigenvalue weighted by Crippen LogP contribution is 2.28. The Labute approximate surface area is 114 Å². The molecular formula is C13H10Cl2FNO. The predicted molar refractivity (Wildman–Crippen MR) is 71.9 cm³/mol. The zero-order valence-corrected chi connectivity index (χ0v) is 10.8. The predicted octanol–water partition coefficient (Wildman–Crippen LogP) is 4.45. The zero-order chi connectivity index (χ0) is 13.1. The van der Waals surface area contributed by atoms with Gasteiger partial charge in [-0.3, -0.25) is 0 Å². The molecule has 0 atom stereocenters. The van der Waals surface area contributed by atoms with Crippen LogP contribution in [0.4, 0.5) is 10.1 Å². The minimum atomic E-state index is -0.397. The van der Waals surface area contributed by atoms with Gasteiger partial charge in [-0.2, -0.15) is 0 Å². The first-order chi connectivity index (χ1) is 8.58. The second-order valence-corrected chi connectivity index (χ2v) is 4.53. The zero-order valence-electron chi connectivity index (χ0n) is 9.25. The van der Waals surface area contributed by atoms with Crippen molar-refractivity contribution in [3.05, 3.63) is 57.8 Å². The van der Waals surface area contributed by atoms with Crippen LogP contribution in [0.3, 0.4) is 0 Å². The number of rotatable bonds is 3. The van der Waals surface area contributed by atoms with E-state index >= 15 is 0 Å². The van der Waals surface area contributed by atoms with Gasteiger partial charge in [0.05, 0.1) is 10.7 Å². The summed E-state index contributed by atoms with van der Waals surface area (Å²) in [6, 6.07) is 8.95. The lowest BCUT2D eigenvalue weighted by molar-refractivity contribution is 0.469. The minimum absolute atomic E-state index is 0.105. The molecule has 0 aliphatic carbocycles. The highest BCUT2D eigenvalue weighted by Gasteiger charge is 2.07. The number of phenols is 1. The molecule has 2 aromatic rings. The summed E-state index contributed by atoms with van der Waals surface area (Å²) in [7, 11) is 0. The van der Waals surface area contributed by atoms with E-state index in [-0.39, 0.29) is 10.8 Å². The van der Waals surface area contributed by atoms with E-state index in [1.807, 2.05) is 0 Å². The average Bonchev–Trinajstić information content (AvgIpc) is 2.31. The van der Waals surface area contributed by atoms with Gasteiger partial charge in [-0.05, 0) is 30.3 Å². The van der Waals surface area contributed by atoms with Crippen LogP contribution in [0.5, 0.6) is 5.75 Å². The topological polar surface area (TPSA) is 32.3 Å². The van der Waals surface area contributed by atoms with Gasteiger partial charge >= 0.3 is 0 Å². The van der Waals surface area contributed by atoms with E-state index in [1.165, 1.54) is 18.2 Å². The lowest BCUT2D eigenvalue weighted by Crippen LogP contribution is -2.01. The molecule has 2 aromatic carbocycles. The van der Waals surface area contributed by atoms with E-state index in [2.05, 4.69) is 5.32 Å². The van der Waals surface area contributed by atoms with Crippen LogP contribution in [-0.2, 0) is 6.54 Å². The second-order valence-electron chi connectivity index (χ2n) is 3.72. The first kappa shape index (κ1) is 13.0. The van der Waals surface area contributed by atoms with Crippen molar-refractivity contribution in [2.45, 2.75) is 6.54 Å². The molecule has 0 saturated carbocycles. The van der Waals surface area contributed by atoms with E-state index in [9.17, 15) is 9.50 Å². The number of hydrogen-bond donors (Lipinski definition) is 2. The second kappa shape index (κ2) is 5.46. The van der Waals surface area contributed by atoms with Crippen LogP contribution in [0, 0.1) is 5.82 Å². The summed E-state index contributed by atoms with van der Waals surface area (Å²) in [5.74, 6) is -0.292. The molecule has 18 heavy (non-hydrogen) atoms. The van der Waals surface area contributed by atoms with Gasteiger partial charge in [0.25, 0.3) is 0 Å². The van der Waals surface area contributed by atoms with Crippen LogP contribution in [0.1, 0.15) is 5.56 Å². The van der Waals surface area contributed by atoms with Crippen molar-refractivity contribution in [3.63, 3.8) is 0 Å². The maximum atomic E-state index is 12.9. The standard InChI is InChI=1S/C13H10Cl2FNO/c14-10-2-1-3-13(18)9(10)7-17-12-5-4-8(16)6-11(12)15/h1-6,17-18H,7H2. The van der Waals surface area contributed by atoms with Gasteiger partial charge < -0.3 is 10.4 Å². The maximum Gasteiger partial charge on any atom is 0.124 e. The molecule has 0 fully saturated rings. The summed E-state index contributed by atoms with van der Waals surface area (Å²) >= 11 is 11.8. The van der Waals surface area contributed by atoms with Gasteiger partial charge in [0.1, 0.15) is 11.6 Å². The Morgan fingerprint density at radius 3 is 2.56 bits per heavy atom. The van der Waals surface area contributed by atoms with Crippen LogP contribution in [0.15, 0.2) is 36.4 Å². The summed E-state index contributed by atoms with van der Waals surface area (Å²) < 4.78 is 12.9. The summed E-state index contributed by atoms with van der Waals surface area (Å²) in [5, 5.41) is 13.4. The number of phenolic OH excluding ortho intramolecular Hbond substituents is 1. The molecule has 2 nitrogen and oxygen atoms in total. The number of anilines is 1. The fraction of sp³-hybridized carbons (Fsp3) is 0.0769. The molecule has 0 aliphatic rings. The van der Waals surface area contributed by atoms with Crippen molar-refractivity contribution in [2.24, 2.45) is 0 Å². The molecule has 0 amide bonds. The maximum absolute atomic E-state index is 12.9. The first-order valence-corrected chi connectivity index (χ1v) is 5.99. The molecule has 94 valence electrons. The Balaban J connectivity index is 2.16. The van der Waals surface area contributed by atoms with Gasteiger partial charge in [-0.15, -0.1) is 0 Å². The third-order valence-corrected chi connectivity index (χ3v) is 3.15. The van der Waals surface area contributed by atoms with Crippen LogP contribution in [0.25, 0.3) is 0 Å². The van der Waals surface area contributed by atoms with E-state index in [4.69, 9.17) is 23.2 Å². The molecular weight excluding hydrogens is 276 g/mol. The Morgan fingerprint density at radius 1 is 1.11 bits per heavy atom. The SMILES string of the molecule is Oc1cccc(Cl)c1CNc1ccc(F)cc1Cl. The smallest absolute Gasteiger partial charge is 0.124 e. The van der Waals surface area contributed by atoms with Crippen molar-refractivity contribution in [2.75, 3.05) is 5.32 Å². The Hall–Kier alpha value is -1.45. The molecule has 0 aliphatic heterocycles. The summed E-state index contributed by atoms with van der Waals surface area (Å²) in [6.45, 7) is 0.302. The largest absolute Gasteiger partial charge is 0.508 e. The van der Waals surface area contributed by atoms with Gasteiger partial charge in [-0.1, -0.05) is 29.3 Å². The van der Waals surface area contributed by atoms with Crippen LogP contribution in [0.2, 0.25) is 10.0 Å². The van der Waals surface area contributed by atoms with E-state index < -0.39 is 5.82 Å². The summed E-state index contributed by atoms with van der Waals surface area (Å²) in [5.41, 5.74) is 1.15. The van der Waals surface area contributed by atoms with E-state index in [0.29, 0.717) is 22.8 Å². The minimum Gasteiger partial charge on any atom is -0.508 e. The van der Waals surface area contributed by atoms with Gasteiger partial charge in [0.2, 0.25) is 0 Å². The molecule has 0 bridgehead atoms. The summed E-state index contributed by atoms with van der Waals surface area (Å²) in [4.78, 5) is 0. The fourth-order valence-corrected chi connectivity index (χ4v) is 2.01. The number of aromatic hydroxyl groups is 1. The highest BCUT2D eigenvalue weighted by atomic mass is 35.5. The van der Waals surface area contributed by atoms with Crippen LogP contribution in [-0.4, -0.2) is 5.11 Å². The Kier molecular flexibility index (Phi) is 3.94. The van der Waals surface area contributed by atoms with Gasteiger partial charge in [0.15, 0.2) is 0 Å². The Morgan fingerprint density at radius 2 is 1.89 bits per heavy atom. The number of nitrogens with one attached hydrogen (secondary N) is 1. The van der Waals surface area contributed by atoms with Crippen LogP contribution >= 0.6 is 23.2 Å². The number of benzene rings is 2. The van der Waals surface area contributed by atoms with Crippen molar-refractivity contribution >= 4 is 28.9 Å². The van der Waals surface area contributed by atoms with Crippen LogP contribution < -0.4 is 5.32 Å². The monoisotopic (exact) mass is 285 g/mol. The average molecular weight is 286 g/mol. The van der Waals surface area contributed by atoms with Crippen molar-refractivity contribution in [1.82, 2.24) is 0 Å². The normalized spacial score (nSPS) is 10.4. The van der Waals surface area contributed by atoms with Crippen molar-refractivity contribution in [1.29, 1.82) is 0 Å². The number of halogens is 3. The molecule has 0 aromatic heterocycles. The van der Waals surface area contributed by atoms with E-state index in [0.717, 1.165) is 0 Å². The lowest BCUT2D eigenvalue weighted by Gasteiger charge is -2.11. The van der Waals surface area contributed by atoms with E-state index in [1.54, 1.807) is 18.2 Å². The fourth-order valence-electron chi connectivity index (χ4n) is 1.54. The lowest BCUT2D eigenvalue weighted by atomic mass is 10.2. The molecule has 2 rings (SSSR count). The first-order valence-electron chi connectivity index (χ1n) is 5.23. The molecule has 0 radical (unpaired) electrons. The summed E-state index contributed by atoms with van der Waals surface area (Å²) in [6.07, 6.45) is 0. The third-order valence-electron chi connectivity index (χ3n) is 2.48. The van der Waals surface area contributed by atoms with Crippen molar-refractivity contribution in [3.8, 4) is 5.75 Å². The molecule has 0 unspecified atom stereocenters. The molecule has 0 heterocycles. The Bertz CT molecular complexity index is 555. The van der Waals surface area contributed by atoms with Gasteiger partial charge in [-0.25, -0.2) is 4.39 Å². The molecule has 5 heteroatoms. The number of hydrogen-bond acceptors (Lipinski definition) is 2.